The van der Waals surface area contributed by atoms with Crippen molar-refractivity contribution < 1.29 is 19.1 Å². The topological polar surface area (TPSA) is 99.8 Å². The van der Waals surface area contributed by atoms with Crippen LogP contribution in [0.15, 0.2) is 54.6 Å². The molecule has 0 saturated carbocycles. The van der Waals surface area contributed by atoms with E-state index in [0.29, 0.717) is 32.5 Å². The predicted octanol–water partition coefficient (Wildman–Crippen LogP) is 3.73. The Morgan fingerprint density at radius 1 is 0.951 bits per heavy atom. The SMILES string of the molecule is CC[C@H](C)[C@H]1NCCOc2ccccc2CCCNC(=O)[C@@H](Cc2ccccc2)NC(=O)[C@@H](CC(C)C)N(C)C1=O. The molecule has 0 fully saturated rings. The van der Waals surface area contributed by atoms with Crippen LogP contribution in [0.4, 0.5) is 0 Å². The first kappa shape index (κ1) is 32.1. The van der Waals surface area contributed by atoms with Gasteiger partial charge in [0.05, 0.1) is 6.04 Å². The summed E-state index contributed by atoms with van der Waals surface area (Å²) in [5.74, 6) is 0.365. The fourth-order valence-corrected chi connectivity index (χ4v) is 5.20. The van der Waals surface area contributed by atoms with Gasteiger partial charge in [0, 0.05) is 26.6 Å². The summed E-state index contributed by atoms with van der Waals surface area (Å²) in [4.78, 5) is 42.7. The van der Waals surface area contributed by atoms with E-state index in [4.69, 9.17) is 4.74 Å². The summed E-state index contributed by atoms with van der Waals surface area (Å²) in [5, 5.41) is 9.45. The minimum atomic E-state index is -0.763. The lowest BCUT2D eigenvalue weighted by Gasteiger charge is -2.34. The average molecular weight is 565 g/mol. The van der Waals surface area contributed by atoms with Crippen LogP contribution >= 0.6 is 0 Å². The van der Waals surface area contributed by atoms with Gasteiger partial charge in [-0.15, -0.1) is 0 Å². The van der Waals surface area contributed by atoms with Crippen molar-refractivity contribution in [3.63, 3.8) is 0 Å². The highest BCUT2D eigenvalue weighted by atomic mass is 16.5. The zero-order valence-electron chi connectivity index (χ0n) is 25.3. The number of ether oxygens (including phenoxy) is 1. The first-order valence-electron chi connectivity index (χ1n) is 15.0. The Morgan fingerprint density at radius 3 is 2.37 bits per heavy atom. The minimum absolute atomic E-state index is 0.0576. The third kappa shape index (κ3) is 9.59. The molecule has 0 aliphatic carbocycles. The van der Waals surface area contributed by atoms with E-state index in [1.807, 2.05) is 75.4 Å². The lowest BCUT2D eigenvalue weighted by Crippen LogP contribution is -2.58. The average Bonchev–Trinajstić information content (AvgIpc) is 2.97. The van der Waals surface area contributed by atoms with Crippen LogP contribution in [0.3, 0.4) is 0 Å². The zero-order chi connectivity index (χ0) is 29.8. The molecule has 0 unspecified atom stereocenters. The molecule has 2 aromatic rings. The van der Waals surface area contributed by atoms with Crippen molar-refractivity contribution in [2.45, 2.75) is 77.9 Å². The van der Waals surface area contributed by atoms with Crippen LogP contribution in [0.1, 0.15) is 58.1 Å². The molecule has 0 spiro atoms. The number of carbonyl (C=O) groups is 3. The van der Waals surface area contributed by atoms with E-state index in [2.05, 4.69) is 22.9 Å². The summed E-state index contributed by atoms with van der Waals surface area (Å²) in [6, 6.07) is 15.7. The maximum Gasteiger partial charge on any atom is 0.243 e. The quantitative estimate of drug-likeness (QED) is 0.497. The highest BCUT2D eigenvalue weighted by Crippen LogP contribution is 2.20. The molecule has 0 aromatic heterocycles. The molecule has 1 aliphatic heterocycles. The smallest absolute Gasteiger partial charge is 0.243 e. The number of rotatable bonds is 6. The third-order valence-electron chi connectivity index (χ3n) is 7.83. The van der Waals surface area contributed by atoms with Crippen LogP contribution in [0.5, 0.6) is 5.75 Å². The van der Waals surface area contributed by atoms with Crippen LogP contribution in [0, 0.1) is 11.8 Å². The van der Waals surface area contributed by atoms with Crippen LogP contribution in [0.2, 0.25) is 0 Å². The van der Waals surface area contributed by atoms with Crippen LogP contribution in [-0.4, -0.2) is 67.5 Å². The predicted molar refractivity (Wildman–Crippen MR) is 163 cm³/mol. The number of nitrogens with one attached hydrogen (secondary N) is 3. The van der Waals surface area contributed by atoms with E-state index >= 15 is 0 Å². The summed E-state index contributed by atoms with van der Waals surface area (Å²) in [6.07, 6.45) is 3.13. The summed E-state index contributed by atoms with van der Waals surface area (Å²) in [7, 11) is 1.70. The van der Waals surface area contributed by atoms with Gasteiger partial charge in [0.1, 0.15) is 24.4 Å². The maximum atomic E-state index is 13.9. The number of aryl methyl sites for hydroxylation is 1. The van der Waals surface area contributed by atoms with Gasteiger partial charge in [-0.25, -0.2) is 0 Å². The second kappa shape index (κ2) is 16.2. The van der Waals surface area contributed by atoms with Crippen molar-refractivity contribution in [2.75, 3.05) is 26.7 Å². The van der Waals surface area contributed by atoms with Gasteiger partial charge in [0.2, 0.25) is 17.7 Å². The number of para-hydroxylation sites is 1. The van der Waals surface area contributed by atoms with Gasteiger partial charge in [-0.05, 0) is 48.3 Å². The second-order valence-corrected chi connectivity index (χ2v) is 11.5. The van der Waals surface area contributed by atoms with Gasteiger partial charge in [-0.2, -0.15) is 0 Å². The number of hydrogen-bond acceptors (Lipinski definition) is 5. The van der Waals surface area contributed by atoms with Crippen LogP contribution in [0.25, 0.3) is 0 Å². The first-order valence-corrected chi connectivity index (χ1v) is 15.0. The van der Waals surface area contributed by atoms with Gasteiger partial charge < -0.3 is 25.6 Å². The number of likely N-dealkylation sites (N-methyl/N-ethyl adjacent to an activating group) is 1. The number of fused-ring (bicyclic) bond motifs is 1. The summed E-state index contributed by atoms with van der Waals surface area (Å²) < 4.78 is 6.11. The molecule has 8 nitrogen and oxygen atoms in total. The van der Waals surface area contributed by atoms with E-state index in [-0.39, 0.29) is 29.6 Å². The normalized spacial score (nSPS) is 22.5. The molecule has 4 atom stereocenters. The Morgan fingerprint density at radius 2 is 1.66 bits per heavy atom. The highest BCUT2D eigenvalue weighted by molar-refractivity contribution is 5.93. The molecule has 1 heterocycles. The van der Waals surface area contributed by atoms with Gasteiger partial charge in [0.25, 0.3) is 0 Å². The Balaban J connectivity index is 1.93. The van der Waals surface area contributed by atoms with E-state index < -0.39 is 18.1 Å². The van der Waals surface area contributed by atoms with Crippen molar-refractivity contribution in [1.29, 1.82) is 0 Å². The number of benzene rings is 2. The van der Waals surface area contributed by atoms with Gasteiger partial charge in [-0.3, -0.25) is 14.4 Å². The lowest BCUT2D eigenvalue weighted by molar-refractivity contribution is -0.142. The lowest BCUT2D eigenvalue weighted by atomic mass is 9.95. The molecule has 0 radical (unpaired) electrons. The molecule has 3 N–H and O–H groups in total. The molecule has 0 bridgehead atoms. The fraction of sp³-hybridized carbons (Fsp3) is 0.545. The van der Waals surface area contributed by atoms with Gasteiger partial charge in [0.15, 0.2) is 0 Å². The van der Waals surface area contributed by atoms with Crippen LogP contribution < -0.4 is 20.7 Å². The fourth-order valence-electron chi connectivity index (χ4n) is 5.20. The number of amides is 3. The third-order valence-corrected chi connectivity index (χ3v) is 7.83. The summed E-state index contributed by atoms with van der Waals surface area (Å²) >= 11 is 0. The molecule has 3 rings (SSSR count). The van der Waals surface area contributed by atoms with Crippen molar-refractivity contribution in [3.05, 3.63) is 65.7 Å². The first-order chi connectivity index (χ1) is 19.7. The molecular weight excluding hydrogens is 516 g/mol. The minimum Gasteiger partial charge on any atom is -0.492 e. The standard InChI is InChI=1S/C33H48N4O4/c1-6-24(4)30-33(40)37(5)28(21-23(2)3)32(39)36-27(22-25-13-8-7-9-14-25)31(38)35-18-12-16-26-15-10-11-17-29(26)41-20-19-34-30/h7-11,13-15,17,23-24,27-28,30,34H,6,12,16,18-22H2,1-5H3,(H,35,38)(H,36,39)/t24-,27+,28+,30+/m0/s1. The molecule has 2 aromatic carbocycles. The molecule has 8 heteroatoms. The number of hydrogen-bond donors (Lipinski definition) is 3. The zero-order valence-corrected chi connectivity index (χ0v) is 25.3. The Hall–Kier alpha value is -3.39. The molecule has 1 aliphatic rings. The number of nitrogens with zero attached hydrogens (tertiary/aromatic N) is 1. The summed E-state index contributed by atoms with van der Waals surface area (Å²) in [6.45, 7) is 9.55. The largest absolute Gasteiger partial charge is 0.492 e. The Bertz CT molecular complexity index is 1120. The maximum absolute atomic E-state index is 13.9. The molecular formula is C33H48N4O4. The Kier molecular flexibility index (Phi) is 12.7. The second-order valence-electron chi connectivity index (χ2n) is 11.5. The van der Waals surface area contributed by atoms with Gasteiger partial charge >= 0.3 is 0 Å². The van der Waals surface area contributed by atoms with Crippen molar-refractivity contribution >= 4 is 17.7 Å². The van der Waals surface area contributed by atoms with Crippen molar-refractivity contribution in [3.8, 4) is 5.75 Å². The molecule has 224 valence electrons. The number of carbonyl (C=O) groups excluding carboxylic acids is 3. The van der Waals surface area contributed by atoms with Crippen molar-refractivity contribution in [1.82, 2.24) is 20.9 Å². The van der Waals surface area contributed by atoms with E-state index in [1.54, 1.807) is 11.9 Å². The van der Waals surface area contributed by atoms with E-state index in [1.165, 1.54) is 0 Å². The van der Waals surface area contributed by atoms with Gasteiger partial charge in [-0.1, -0.05) is 82.6 Å². The van der Waals surface area contributed by atoms with E-state index in [0.717, 1.165) is 36.1 Å². The molecule has 0 saturated heterocycles. The monoisotopic (exact) mass is 564 g/mol. The molecule has 41 heavy (non-hydrogen) atoms. The Labute approximate surface area is 245 Å². The summed E-state index contributed by atoms with van der Waals surface area (Å²) in [5.41, 5.74) is 2.02. The van der Waals surface area contributed by atoms with Crippen molar-refractivity contribution in [2.24, 2.45) is 11.8 Å². The van der Waals surface area contributed by atoms with E-state index in [9.17, 15) is 14.4 Å². The molecule has 3 amide bonds. The highest BCUT2D eigenvalue weighted by Gasteiger charge is 2.35. The van der Waals surface area contributed by atoms with Crippen LogP contribution in [-0.2, 0) is 27.2 Å².